The molecule has 470 valence electrons. The number of ketones is 3. The summed E-state index contributed by atoms with van der Waals surface area (Å²) in [7, 11) is 1.29. The van der Waals surface area contributed by atoms with Gasteiger partial charge in [0.25, 0.3) is 0 Å². The maximum atomic E-state index is 14.1. The number of nitrogens with one attached hydrogen (secondary N) is 6. The molecular formula is C63H70N8O18. The van der Waals surface area contributed by atoms with Crippen molar-refractivity contribution >= 4 is 69.5 Å². The van der Waals surface area contributed by atoms with Crippen molar-refractivity contribution in [3.63, 3.8) is 0 Å². The van der Waals surface area contributed by atoms with Crippen LogP contribution in [0.4, 0.5) is 21.0 Å². The zero-order valence-electron chi connectivity index (χ0n) is 48.8. The molecule has 2 heterocycles. The van der Waals surface area contributed by atoms with E-state index < -0.39 is 144 Å². The first kappa shape index (κ1) is 64.2. The summed E-state index contributed by atoms with van der Waals surface area (Å²) >= 11 is 0. The quantitative estimate of drug-likeness (QED) is 0.0320. The van der Waals surface area contributed by atoms with E-state index in [9.17, 15) is 63.9 Å². The number of fused-ring (bicyclic) bond motifs is 4. The van der Waals surface area contributed by atoms with Crippen molar-refractivity contribution in [2.24, 2.45) is 11.5 Å². The van der Waals surface area contributed by atoms with Crippen LogP contribution in [-0.2, 0) is 64.2 Å². The lowest BCUT2D eigenvalue weighted by molar-refractivity contribution is -0.249. The Morgan fingerprint density at radius 1 is 0.787 bits per heavy atom. The van der Waals surface area contributed by atoms with Gasteiger partial charge in [0.1, 0.15) is 60.9 Å². The Bertz CT molecular complexity index is 3670. The van der Waals surface area contributed by atoms with E-state index in [2.05, 4.69) is 31.6 Å². The molecule has 0 spiro atoms. The number of alkyl carbamates (subject to hydrolysis) is 1. The number of aromatic amines is 1. The number of carbonyl (C=O) groups excluding carboxylic acids is 8. The van der Waals surface area contributed by atoms with Crippen molar-refractivity contribution in [2.75, 3.05) is 30.9 Å². The van der Waals surface area contributed by atoms with Gasteiger partial charge in [-0.1, -0.05) is 54.6 Å². The number of phenolic OH excluding ortho intramolecular Hbond substituents is 2. The fraction of sp³-hybridized carbons (Fsp3) is 0.365. The number of aliphatic hydroxyl groups is 3. The maximum Gasteiger partial charge on any atom is 0.411 e. The topological polar surface area (TPSA) is 412 Å². The van der Waals surface area contributed by atoms with Crippen molar-refractivity contribution in [2.45, 2.75) is 126 Å². The Morgan fingerprint density at radius 2 is 1.44 bits per heavy atom. The highest BCUT2D eigenvalue weighted by Crippen LogP contribution is 2.52. The summed E-state index contributed by atoms with van der Waals surface area (Å²) in [5, 5.41) is 70.7. The third kappa shape index (κ3) is 14.3. The van der Waals surface area contributed by atoms with Gasteiger partial charge < -0.3 is 86.9 Å². The maximum absolute atomic E-state index is 14.1. The minimum atomic E-state index is -2.41. The number of methoxy groups -OCH3 is 1. The highest BCUT2D eigenvalue weighted by atomic mass is 16.7. The van der Waals surface area contributed by atoms with E-state index >= 15 is 0 Å². The predicted octanol–water partition coefficient (Wildman–Crippen LogP) is 3.83. The third-order valence-corrected chi connectivity index (χ3v) is 16.0. The largest absolute Gasteiger partial charge is 0.507 e. The van der Waals surface area contributed by atoms with E-state index in [1.165, 1.54) is 39.2 Å². The smallest absolute Gasteiger partial charge is 0.411 e. The van der Waals surface area contributed by atoms with Crippen LogP contribution in [0, 0.1) is 0 Å². The lowest BCUT2D eigenvalue weighted by atomic mass is 9.72. The van der Waals surface area contributed by atoms with Crippen LogP contribution >= 0.6 is 0 Å². The number of rotatable bonds is 23. The SMILES string of the molecule is COc1cccc2c1C(=O)c1c(O)c3c(c(O)c1C2=O)C[C@@](O)(C(=O)CO)C[C@@H]3O[C@H]1C[C@H](NC(=O)OCc2ccc(NC(=O)OCc3ccc(NC(=O)[C@H](CCCCN)NC(=O)[C@H](Cc4c[nH]c5ccccc45)NC(=O)[C@@H](C)N)cc3)cc2)[C@H](O)[C@H](C)O1. The molecule has 26 heteroatoms. The van der Waals surface area contributed by atoms with Gasteiger partial charge >= 0.3 is 12.2 Å². The second kappa shape index (κ2) is 27.8. The Labute approximate surface area is 509 Å². The number of hydrogen-bond acceptors (Lipinski definition) is 20. The molecule has 1 aliphatic heterocycles. The molecule has 0 saturated carbocycles. The van der Waals surface area contributed by atoms with Crippen molar-refractivity contribution < 1.29 is 87.6 Å². The van der Waals surface area contributed by atoms with Gasteiger partial charge in [0.2, 0.25) is 23.5 Å². The minimum Gasteiger partial charge on any atom is -0.507 e. The number of nitrogens with two attached hydrogens (primary N) is 2. The van der Waals surface area contributed by atoms with E-state index in [1.54, 1.807) is 54.7 Å². The molecule has 1 aromatic heterocycles. The molecule has 89 heavy (non-hydrogen) atoms. The zero-order chi connectivity index (χ0) is 63.8. The number of amides is 5. The van der Waals surface area contributed by atoms with Gasteiger partial charge in [-0.05, 0) is 92.7 Å². The van der Waals surface area contributed by atoms with Crippen LogP contribution in [0.3, 0.4) is 0 Å². The highest BCUT2D eigenvalue weighted by molar-refractivity contribution is 6.31. The molecule has 3 aliphatic rings. The minimum absolute atomic E-state index is 0.0282. The molecule has 5 amide bonds. The number of benzene rings is 5. The molecule has 2 aliphatic carbocycles. The number of aliphatic hydroxyl groups excluding tert-OH is 2. The van der Waals surface area contributed by atoms with Gasteiger partial charge in [0, 0.05) is 70.8 Å². The van der Waals surface area contributed by atoms with Crippen molar-refractivity contribution in [1.82, 2.24) is 20.9 Å². The lowest BCUT2D eigenvalue weighted by Gasteiger charge is -2.42. The number of unbranched alkanes of at least 4 members (excludes halogenated alkanes) is 1. The number of aromatic nitrogens is 1. The van der Waals surface area contributed by atoms with E-state index in [0.29, 0.717) is 41.9 Å². The van der Waals surface area contributed by atoms with Crippen molar-refractivity contribution in [1.29, 1.82) is 0 Å². The number of anilines is 2. The normalized spacial score (nSPS) is 20.3. The number of aromatic hydroxyl groups is 2. The van der Waals surface area contributed by atoms with Crippen LogP contribution in [0.1, 0.15) is 112 Å². The fourth-order valence-electron chi connectivity index (χ4n) is 11.2. The number of Topliss-reactive ketones (excluding diaryl/α,β-unsaturated/α-hetero) is 1. The molecule has 0 radical (unpaired) electrons. The van der Waals surface area contributed by atoms with E-state index in [1.807, 2.05) is 24.3 Å². The Morgan fingerprint density at radius 3 is 2.10 bits per heavy atom. The van der Waals surface area contributed by atoms with Crippen LogP contribution in [0.25, 0.3) is 10.9 Å². The van der Waals surface area contributed by atoms with Gasteiger partial charge in [-0.15, -0.1) is 0 Å². The zero-order valence-corrected chi connectivity index (χ0v) is 48.8. The first-order valence-electron chi connectivity index (χ1n) is 28.8. The monoisotopic (exact) mass is 1230 g/mol. The number of H-pyrrole nitrogens is 1. The first-order chi connectivity index (χ1) is 42.6. The number of carbonyl (C=O) groups is 8. The molecule has 0 unspecified atom stereocenters. The summed E-state index contributed by atoms with van der Waals surface area (Å²) < 4.78 is 28.4. The van der Waals surface area contributed by atoms with Gasteiger partial charge in [-0.25, -0.2) is 9.59 Å². The molecule has 0 bridgehead atoms. The average molecular weight is 1230 g/mol. The number of hydrogen-bond donors (Lipinski definition) is 13. The molecule has 6 aromatic rings. The summed E-state index contributed by atoms with van der Waals surface area (Å²) in [6.45, 7) is 1.84. The van der Waals surface area contributed by atoms with Gasteiger partial charge in [0.05, 0.1) is 48.1 Å². The van der Waals surface area contributed by atoms with Crippen molar-refractivity contribution in [3.05, 3.63) is 147 Å². The summed E-state index contributed by atoms with van der Waals surface area (Å²) in [6.07, 6.45) is -5.27. The Balaban J connectivity index is 0.762. The molecule has 15 N–H and O–H groups in total. The molecule has 9 rings (SSSR count). The fourth-order valence-corrected chi connectivity index (χ4v) is 11.2. The highest BCUT2D eigenvalue weighted by Gasteiger charge is 2.50. The van der Waals surface area contributed by atoms with Gasteiger partial charge in [-0.3, -0.25) is 34.1 Å². The third-order valence-electron chi connectivity index (χ3n) is 16.0. The summed E-state index contributed by atoms with van der Waals surface area (Å²) in [4.78, 5) is 111. The lowest BCUT2D eigenvalue weighted by Crippen LogP contribution is -2.56. The average Bonchev–Trinajstić information content (AvgIpc) is 1.10. The first-order valence-corrected chi connectivity index (χ1v) is 28.8. The predicted molar refractivity (Wildman–Crippen MR) is 319 cm³/mol. The van der Waals surface area contributed by atoms with Crippen LogP contribution in [0.5, 0.6) is 17.2 Å². The van der Waals surface area contributed by atoms with Crippen molar-refractivity contribution in [3.8, 4) is 17.2 Å². The van der Waals surface area contributed by atoms with E-state index in [-0.39, 0.29) is 60.5 Å². The molecule has 1 saturated heterocycles. The van der Waals surface area contributed by atoms with E-state index in [0.717, 1.165) is 16.5 Å². The molecule has 5 aromatic carbocycles. The number of ether oxygens (including phenoxy) is 5. The Hall–Kier alpha value is -9.28. The standard InChI is InChI=1S/C63H70N8O18/c1-31(65)58(79)70-44(23-35-27-66-41-11-5-4-9-38(35)41)60(81)69-42(12-6-7-22-64)59(80)67-36-18-14-33(15-19-36)29-86-61(82)68-37-20-16-34(17-21-37)30-87-62(83)71-43-24-48(88-32(2)53(43)74)89-46-26-63(84,47(73)28-72)25-40-50(46)57(78)52-51(55(40)76)54(75)39-10-8-13-45(85-3)49(39)56(52)77/h4-5,8-11,13-21,27,31-32,42-44,46,48,53,66,72,74,76,78,84H,6-7,12,22-26,28-30,64-65H2,1-3H3,(H,67,80)(H,68,82)(H,69,81)(H,70,79)(H,71,83)/t31-,32+,42+,43+,44+,46+,48+,53-,63+/m1/s1. The van der Waals surface area contributed by atoms with Gasteiger partial charge in [0.15, 0.2) is 17.9 Å². The Kier molecular flexibility index (Phi) is 20.1. The molecular weight excluding hydrogens is 1160 g/mol. The summed E-state index contributed by atoms with van der Waals surface area (Å²) in [6, 6.07) is 20.5. The van der Waals surface area contributed by atoms with E-state index in [4.69, 9.17) is 35.2 Å². The number of phenols is 2. The van der Waals surface area contributed by atoms with Crippen LogP contribution < -0.4 is 42.8 Å². The molecule has 26 nitrogen and oxygen atoms in total. The molecule has 9 atom stereocenters. The molecule has 1 fully saturated rings. The summed E-state index contributed by atoms with van der Waals surface area (Å²) in [5.41, 5.74) is 10.7. The van der Waals surface area contributed by atoms with Gasteiger partial charge in [-0.2, -0.15) is 0 Å². The number of para-hydroxylation sites is 1. The van der Waals surface area contributed by atoms with Crippen LogP contribution in [0.15, 0.2) is 97.2 Å². The second-order valence-electron chi connectivity index (χ2n) is 22.2. The second-order valence-corrected chi connectivity index (χ2v) is 22.2. The van der Waals surface area contributed by atoms with Crippen LogP contribution in [0.2, 0.25) is 0 Å². The summed E-state index contributed by atoms with van der Waals surface area (Å²) in [5.74, 6) is -5.92. The van der Waals surface area contributed by atoms with Crippen LogP contribution in [-0.4, -0.2) is 146 Å².